The molecule has 3 nitrogen and oxygen atoms in total. The molecule has 0 aromatic rings. The minimum absolute atomic E-state index is 0.137. The Kier molecular flexibility index (Phi) is 3.12. The van der Waals surface area contributed by atoms with Gasteiger partial charge in [-0.05, 0) is 18.8 Å². The molecule has 4 heteroatoms. The molecule has 1 saturated carbocycles. The Bertz CT molecular complexity index is 229. The Morgan fingerprint density at radius 2 is 1.92 bits per heavy atom. The lowest BCUT2D eigenvalue weighted by molar-refractivity contribution is 0.455. The van der Waals surface area contributed by atoms with Crippen LogP contribution in [-0.4, -0.2) is 26.5 Å². The van der Waals surface area contributed by atoms with E-state index in [1.165, 1.54) is 19.1 Å². The summed E-state index contributed by atoms with van der Waals surface area (Å²) in [6, 6.07) is -0.137. The molecule has 0 heterocycles. The summed E-state index contributed by atoms with van der Waals surface area (Å²) in [5, 5.41) is 0. The fourth-order valence-corrected chi connectivity index (χ4v) is 2.84. The maximum atomic E-state index is 10.9. The lowest BCUT2D eigenvalue weighted by Gasteiger charge is -2.17. The van der Waals surface area contributed by atoms with Crippen LogP contribution in [0.5, 0.6) is 0 Å². The maximum Gasteiger partial charge on any atom is 0.148 e. The Balaban J connectivity index is 2.42. The van der Waals surface area contributed by atoms with Gasteiger partial charge in [-0.15, -0.1) is 0 Å². The summed E-state index contributed by atoms with van der Waals surface area (Å²) in [6.45, 7) is 0. The molecule has 72 valence electrons. The predicted octanol–water partition coefficient (Wildman–Crippen LogP) is 0.548. The first-order valence-corrected chi connectivity index (χ1v) is 6.48. The molecule has 0 aromatic heterocycles. The first-order valence-electron chi connectivity index (χ1n) is 4.42. The van der Waals surface area contributed by atoms with Gasteiger partial charge in [0.1, 0.15) is 9.84 Å². The fourth-order valence-electron chi connectivity index (χ4n) is 1.87. The molecule has 12 heavy (non-hydrogen) atoms. The number of sulfone groups is 1. The van der Waals surface area contributed by atoms with Gasteiger partial charge < -0.3 is 5.73 Å². The Labute approximate surface area is 74.3 Å². The molecule has 1 aliphatic rings. The highest BCUT2D eigenvalue weighted by atomic mass is 32.2. The second kappa shape index (κ2) is 3.75. The third-order valence-corrected chi connectivity index (χ3v) is 3.49. The Morgan fingerprint density at radius 1 is 1.42 bits per heavy atom. The van der Waals surface area contributed by atoms with E-state index in [4.69, 9.17) is 5.73 Å². The molecule has 0 aliphatic heterocycles. The molecule has 0 amide bonds. The van der Waals surface area contributed by atoms with Crippen LogP contribution in [-0.2, 0) is 9.84 Å². The van der Waals surface area contributed by atoms with Gasteiger partial charge in [0.05, 0.1) is 5.75 Å². The standard InChI is InChI=1S/C8H17NO2S/c1-12(10,11)6-8(9)7-4-2-3-5-7/h7-8H,2-6,9H2,1H3. The third-order valence-electron chi connectivity index (χ3n) is 2.50. The van der Waals surface area contributed by atoms with Crippen molar-refractivity contribution in [2.24, 2.45) is 11.7 Å². The summed E-state index contributed by atoms with van der Waals surface area (Å²) in [5.41, 5.74) is 5.79. The lowest BCUT2D eigenvalue weighted by atomic mass is 10.0. The average molecular weight is 191 g/mol. The summed E-state index contributed by atoms with van der Waals surface area (Å²) in [5.74, 6) is 0.595. The van der Waals surface area contributed by atoms with Crippen LogP contribution in [0.15, 0.2) is 0 Å². The van der Waals surface area contributed by atoms with Crippen LogP contribution in [0.1, 0.15) is 25.7 Å². The summed E-state index contributed by atoms with van der Waals surface area (Å²) in [4.78, 5) is 0. The van der Waals surface area contributed by atoms with Crippen molar-refractivity contribution in [1.29, 1.82) is 0 Å². The molecule has 2 N–H and O–H groups in total. The summed E-state index contributed by atoms with van der Waals surface area (Å²) < 4.78 is 21.8. The lowest BCUT2D eigenvalue weighted by Crippen LogP contribution is -2.35. The van der Waals surface area contributed by atoms with Gasteiger partial charge in [0.2, 0.25) is 0 Å². The van der Waals surface area contributed by atoms with Gasteiger partial charge in [0.25, 0.3) is 0 Å². The van der Waals surface area contributed by atoms with E-state index in [0.717, 1.165) is 12.8 Å². The monoisotopic (exact) mass is 191 g/mol. The van der Waals surface area contributed by atoms with Gasteiger partial charge >= 0.3 is 0 Å². The minimum Gasteiger partial charge on any atom is -0.327 e. The highest BCUT2D eigenvalue weighted by Crippen LogP contribution is 2.27. The molecule has 1 fully saturated rings. The molecule has 0 bridgehead atoms. The summed E-state index contributed by atoms with van der Waals surface area (Å²) in [6.07, 6.45) is 5.89. The topological polar surface area (TPSA) is 60.2 Å². The smallest absolute Gasteiger partial charge is 0.148 e. The van der Waals surface area contributed by atoms with E-state index in [1.54, 1.807) is 0 Å². The average Bonchev–Trinajstić information content (AvgIpc) is 2.32. The molecule has 1 rings (SSSR count). The molecule has 0 saturated heterocycles. The van der Waals surface area contributed by atoms with Gasteiger partial charge in [0.15, 0.2) is 0 Å². The van der Waals surface area contributed by atoms with E-state index in [9.17, 15) is 8.42 Å². The highest BCUT2D eigenvalue weighted by molar-refractivity contribution is 7.90. The third kappa shape index (κ3) is 3.11. The second-order valence-corrected chi connectivity index (χ2v) is 5.99. The summed E-state index contributed by atoms with van der Waals surface area (Å²) in [7, 11) is -2.89. The van der Waals surface area contributed by atoms with E-state index in [0.29, 0.717) is 5.92 Å². The van der Waals surface area contributed by atoms with E-state index in [1.807, 2.05) is 0 Å². The van der Waals surface area contributed by atoms with Crippen LogP contribution < -0.4 is 5.73 Å². The number of hydrogen-bond donors (Lipinski definition) is 1. The zero-order valence-electron chi connectivity index (χ0n) is 7.49. The zero-order chi connectivity index (χ0) is 9.19. The molecule has 0 spiro atoms. The van der Waals surface area contributed by atoms with Gasteiger partial charge in [-0.1, -0.05) is 12.8 Å². The van der Waals surface area contributed by atoms with Crippen LogP contribution in [0.4, 0.5) is 0 Å². The SMILES string of the molecule is CS(=O)(=O)CC(N)C1CCCC1. The van der Waals surface area contributed by atoms with E-state index < -0.39 is 9.84 Å². The normalized spacial score (nSPS) is 22.8. The molecular formula is C8H17NO2S. The van der Waals surface area contributed by atoms with Crippen molar-refractivity contribution in [2.75, 3.05) is 12.0 Å². The molecular weight excluding hydrogens is 174 g/mol. The largest absolute Gasteiger partial charge is 0.327 e. The van der Waals surface area contributed by atoms with Crippen molar-refractivity contribution in [2.45, 2.75) is 31.7 Å². The molecule has 0 aromatic carbocycles. The van der Waals surface area contributed by atoms with Crippen LogP contribution in [0.3, 0.4) is 0 Å². The quantitative estimate of drug-likeness (QED) is 0.708. The van der Waals surface area contributed by atoms with Crippen molar-refractivity contribution >= 4 is 9.84 Å². The zero-order valence-corrected chi connectivity index (χ0v) is 8.31. The van der Waals surface area contributed by atoms with E-state index >= 15 is 0 Å². The van der Waals surface area contributed by atoms with Crippen LogP contribution in [0.25, 0.3) is 0 Å². The Hall–Kier alpha value is -0.0900. The van der Waals surface area contributed by atoms with Crippen molar-refractivity contribution in [3.05, 3.63) is 0 Å². The first kappa shape index (κ1) is 9.99. The van der Waals surface area contributed by atoms with Gasteiger partial charge in [-0.3, -0.25) is 0 Å². The van der Waals surface area contributed by atoms with E-state index in [-0.39, 0.29) is 11.8 Å². The predicted molar refractivity (Wildman–Crippen MR) is 49.6 cm³/mol. The van der Waals surface area contributed by atoms with Crippen LogP contribution in [0, 0.1) is 5.92 Å². The van der Waals surface area contributed by atoms with Gasteiger partial charge in [-0.25, -0.2) is 8.42 Å². The van der Waals surface area contributed by atoms with Gasteiger partial charge in [0, 0.05) is 12.3 Å². The van der Waals surface area contributed by atoms with Crippen molar-refractivity contribution in [3.63, 3.8) is 0 Å². The van der Waals surface area contributed by atoms with Crippen LogP contribution >= 0.6 is 0 Å². The molecule has 1 aliphatic carbocycles. The number of nitrogens with two attached hydrogens (primary N) is 1. The number of rotatable bonds is 3. The second-order valence-electron chi connectivity index (χ2n) is 3.80. The molecule has 1 atom stereocenters. The fraction of sp³-hybridized carbons (Fsp3) is 1.00. The highest BCUT2D eigenvalue weighted by Gasteiger charge is 2.24. The Morgan fingerprint density at radius 3 is 2.33 bits per heavy atom. The van der Waals surface area contributed by atoms with Crippen LogP contribution in [0.2, 0.25) is 0 Å². The van der Waals surface area contributed by atoms with Crippen molar-refractivity contribution in [1.82, 2.24) is 0 Å². The van der Waals surface area contributed by atoms with E-state index in [2.05, 4.69) is 0 Å². The maximum absolute atomic E-state index is 10.9. The summed E-state index contributed by atoms with van der Waals surface area (Å²) >= 11 is 0. The first-order chi connectivity index (χ1) is 5.49. The molecule has 1 unspecified atom stereocenters. The van der Waals surface area contributed by atoms with Gasteiger partial charge in [-0.2, -0.15) is 0 Å². The minimum atomic E-state index is -2.89. The van der Waals surface area contributed by atoms with Crippen molar-refractivity contribution < 1.29 is 8.42 Å². The number of hydrogen-bond acceptors (Lipinski definition) is 3. The molecule has 0 radical (unpaired) electrons. The van der Waals surface area contributed by atoms with Crippen molar-refractivity contribution in [3.8, 4) is 0 Å².